The number of rotatable bonds is 10. The van der Waals surface area contributed by atoms with Gasteiger partial charge in [0.05, 0.1) is 27.0 Å². The second-order valence-electron chi connectivity index (χ2n) is 6.55. The van der Waals surface area contributed by atoms with Crippen LogP contribution < -0.4 is 19.5 Å². The number of amides is 1. The third-order valence-electron chi connectivity index (χ3n) is 4.47. The fourth-order valence-electron chi connectivity index (χ4n) is 3.01. The van der Waals surface area contributed by atoms with Gasteiger partial charge in [-0.15, -0.1) is 5.10 Å². The van der Waals surface area contributed by atoms with Gasteiger partial charge < -0.3 is 19.5 Å². The highest BCUT2D eigenvalue weighted by Gasteiger charge is 2.09. The van der Waals surface area contributed by atoms with Gasteiger partial charge >= 0.3 is 0 Å². The molecule has 0 aliphatic rings. The van der Waals surface area contributed by atoms with E-state index in [0.29, 0.717) is 36.8 Å². The SMILES string of the molecule is CCOc1cccc(-c2cn(CC(=O)NCCc3ccc(OC)c(OC)c3)nn2)c1. The lowest BCUT2D eigenvalue weighted by Gasteiger charge is -2.10. The Balaban J connectivity index is 1.52. The molecule has 0 saturated carbocycles. The molecule has 0 aliphatic heterocycles. The van der Waals surface area contributed by atoms with Gasteiger partial charge in [0.2, 0.25) is 5.91 Å². The maximum absolute atomic E-state index is 12.2. The molecule has 0 saturated heterocycles. The first-order valence-corrected chi connectivity index (χ1v) is 9.74. The zero-order chi connectivity index (χ0) is 21.3. The summed E-state index contributed by atoms with van der Waals surface area (Å²) in [6, 6.07) is 13.3. The number of methoxy groups -OCH3 is 2. The smallest absolute Gasteiger partial charge is 0.241 e. The third kappa shape index (κ3) is 5.50. The normalized spacial score (nSPS) is 10.5. The topological polar surface area (TPSA) is 87.5 Å². The lowest BCUT2D eigenvalue weighted by molar-refractivity contribution is -0.121. The molecule has 3 aromatic rings. The quantitative estimate of drug-likeness (QED) is 0.553. The van der Waals surface area contributed by atoms with Gasteiger partial charge in [-0.25, -0.2) is 4.68 Å². The molecule has 8 heteroatoms. The highest BCUT2D eigenvalue weighted by molar-refractivity contribution is 5.75. The van der Waals surface area contributed by atoms with Crippen LogP contribution in [0.25, 0.3) is 11.3 Å². The number of hydrogen-bond acceptors (Lipinski definition) is 6. The Morgan fingerprint density at radius 1 is 1.10 bits per heavy atom. The van der Waals surface area contributed by atoms with Crippen molar-refractivity contribution in [2.75, 3.05) is 27.4 Å². The number of ether oxygens (including phenoxy) is 3. The van der Waals surface area contributed by atoms with E-state index in [1.54, 1.807) is 20.4 Å². The number of hydrogen-bond donors (Lipinski definition) is 1. The Hall–Kier alpha value is -3.55. The van der Waals surface area contributed by atoms with Crippen molar-refractivity contribution in [2.45, 2.75) is 19.9 Å². The minimum Gasteiger partial charge on any atom is -0.494 e. The summed E-state index contributed by atoms with van der Waals surface area (Å²) in [4.78, 5) is 12.2. The Kier molecular flexibility index (Phi) is 7.26. The van der Waals surface area contributed by atoms with Gasteiger partial charge in [0, 0.05) is 12.1 Å². The second-order valence-corrected chi connectivity index (χ2v) is 6.55. The van der Waals surface area contributed by atoms with E-state index in [1.807, 2.05) is 49.4 Å². The Morgan fingerprint density at radius 2 is 1.93 bits per heavy atom. The Labute approximate surface area is 175 Å². The first-order valence-electron chi connectivity index (χ1n) is 9.74. The molecule has 0 radical (unpaired) electrons. The van der Waals surface area contributed by atoms with Crippen molar-refractivity contribution in [3.8, 4) is 28.5 Å². The lowest BCUT2D eigenvalue weighted by atomic mass is 10.1. The van der Waals surface area contributed by atoms with Crippen LogP contribution in [-0.2, 0) is 17.8 Å². The van der Waals surface area contributed by atoms with E-state index in [4.69, 9.17) is 14.2 Å². The van der Waals surface area contributed by atoms with Gasteiger partial charge in [-0.1, -0.05) is 23.4 Å². The summed E-state index contributed by atoms with van der Waals surface area (Å²) in [5, 5.41) is 11.1. The minimum absolute atomic E-state index is 0.101. The number of aromatic nitrogens is 3. The van der Waals surface area contributed by atoms with Crippen LogP contribution >= 0.6 is 0 Å². The highest BCUT2D eigenvalue weighted by atomic mass is 16.5. The lowest BCUT2D eigenvalue weighted by Crippen LogP contribution is -2.29. The van der Waals surface area contributed by atoms with Gasteiger partial charge in [-0.3, -0.25) is 4.79 Å². The molecule has 0 fully saturated rings. The fraction of sp³-hybridized carbons (Fsp3) is 0.318. The number of nitrogens with zero attached hydrogens (tertiary/aromatic N) is 3. The molecule has 2 aromatic carbocycles. The van der Waals surface area contributed by atoms with E-state index in [1.165, 1.54) is 4.68 Å². The zero-order valence-electron chi connectivity index (χ0n) is 17.4. The molecule has 0 unspecified atom stereocenters. The van der Waals surface area contributed by atoms with E-state index >= 15 is 0 Å². The van der Waals surface area contributed by atoms with Crippen molar-refractivity contribution in [1.82, 2.24) is 20.3 Å². The van der Waals surface area contributed by atoms with Gasteiger partial charge in [-0.2, -0.15) is 0 Å². The second kappa shape index (κ2) is 10.3. The van der Waals surface area contributed by atoms with Crippen LogP contribution in [-0.4, -0.2) is 48.3 Å². The number of nitrogens with one attached hydrogen (secondary N) is 1. The van der Waals surface area contributed by atoms with E-state index in [-0.39, 0.29) is 12.5 Å². The Morgan fingerprint density at radius 3 is 2.70 bits per heavy atom. The highest BCUT2D eigenvalue weighted by Crippen LogP contribution is 2.27. The van der Waals surface area contributed by atoms with Crippen LogP contribution in [0.5, 0.6) is 17.2 Å². The van der Waals surface area contributed by atoms with Crippen LogP contribution in [0.15, 0.2) is 48.7 Å². The molecule has 1 aromatic heterocycles. The predicted octanol–water partition coefficient (Wildman–Crippen LogP) is 2.72. The number of carbonyl (C=O) groups excluding carboxylic acids is 1. The van der Waals surface area contributed by atoms with E-state index in [2.05, 4.69) is 15.6 Å². The maximum atomic E-state index is 12.2. The van der Waals surface area contributed by atoms with Crippen LogP contribution in [0.3, 0.4) is 0 Å². The van der Waals surface area contributed by atoms with Crippen molar-refractivity contribution < 1.29 is 19.0 Å². The summed E-state index contributed by atoms with van der Waals surface area (Å²) < 4.78 is 17.6. The van der Waals surface area contributed by atoms with Crippen molar-refractivity contribution in [3.05, 3.63) is 54.2 Å². The number of benzene rings is 2. The first kappa shape index (κ1) is 21.2. The molecule has 8 nitrogen and oxygen atoms in total. The summed E-state index contributed by atoms with van der Waals surface area (Å²) in [5.74, 6) is 2.00. The minimum atomic E-state index is -0.130. The molecule has 0 atom stereocenters. The number of carbonyl (C=O) groups is 1. The van der Waals surface area contributed by atoms with Crippen LogP contribution in [0.4, 0.5) is 0 Å². The first-order chi connectivity index (χ1) is 14.6. The van der Waals surface area contributed by atoms with Crippen LogP contribution in [0.2, 0.25) is 0 Å². The van der Waals surface area contributed by atoms with Crippen LogP contribution in [0.1, 0.15) is 12.5 Å². The molecular weight excluding hydrogens is 384 g/mol. The third-order valence-corrected chi connectivity index (χ3v) is 4.47. The average Bonchev–Trinajstić information content (AvgIpc) is 3.22. The predicted molar refractivity (Wildman–Crippen MR) is 113 cm³/mol. The molecule has 0 spiro atoms. The van der Waals surface area contributed by atoms with E-state index < -0.39 is 0 Å². The molecule has 158 valence electrons. The van der Waals surface area contributed by atoms with Gasteiger partial charge in [0.1, 0.15) is 18.0 Å². The molecular formula is C22H26N4O4. The molecule has 3 rings (SSSR count). The van der Waals surface area contributed by atoms with Gasteiger partial charge in [-0.05, 0) is 43.2 Å². The molecule has 1 amide bonds. The molecule has 1 N–H and O–H groups in total. The van der Waals surface area contributed by atoms with Gasteiger partial charge in [0.25, 0.3) is 0 Å². The largest absolute Gasteiger partial charge is 0.494 e. The van der Waals surface area contributed by atoms with Crippen LogP contribution in [0, 0.1) is 0 Å². The van der Waals surface area contributed by atoms with Crippen molar-refractivity contribution in [3.63, 3.8) is 0 Å². The van der Waals surface area contributed by atoms with Crippen molar-refractivity contribution >= 4 is 5.91 Å². The van der Waals surface area contributed by atoms with E-state index in [0.717, 1.165) is 16.9 Å². The maximum Gasteiger partial charge on any atom is 0.241 e. The summed E-state index contributed by atoms with van der Waals surface area (Å²) in [7, 11) is 3.20. The zero-order valence-corrected chi connectivity index (χ0v) is 17.4. The van der Waals surface area contributed by atoms with Crippen molar-refractivity contribution in [2.24, 2.45) is 0 Å². The summed E-state index contributed by atoms with van der Waals surface area (Å²) in [6.07, 6.45) is 2.43. The molecule has 0 bridgehead atoms. The van der Waals surface area contributed by atoms with E-state index in [9.17, 15) is 4.79 Å². The monoisotopic (exact) mass is 410 g/mol. The standard InChI is InChI=1S/C22H26N4O4/c1-4-30-18-7-5-6-17(13-18)19-14-26(25-24-19)15-22(27)23-11-10-16-8-9-20(28-2)21(12-16)29-3/h5-9,12-14H,4,10-11,15H2,1-3H3,(H,23,27). The molecule has 0 aliphatic carbocycles. The molecule has 30 heavy (non-hydrogen) atoms. The van der Waals surface area contributed by atoms with Gasteiger partial charge in [0.15, 0.2) is 11.5 Å². The summed E-state index contributed by atoms with van der Waals surface area (Å²) >= 11 is 0. The fourth-order valence-corrected chi connectivity index (χ4v) is 3.01. The Bertz CT molecular complexity index is 987. The summed E-state index contributed by atoms with van der Waals surface area (Å²) in [5.41, 5.74) is 2.63. The average molecular weight is 410 g/mol. The molecule has 1 heterocycles. The summed E-state index contributed by atoms with van der Waals surface area (Å²) in [6.45, 7) is 3.14. The van der Waals surface area contributed by atoms with Crippen molar-refractivity contribution in [1.29, 1.82) is 0 Å².